The first-order valence-electron chi connectivity index (χ1n) is 7.45. The van der Waals surface area contributed by atoms with Gasteiger partial charge in [-0.1, -0.05) is 12.7 Å². The number of aliphatic hydroxyl groups is 1. The van der Waals surface area contributed by atoms with E-state index in [1.165, 1.54) is 0 Å². The van der Waals surface area contributed by atoms with Crippen LogP contribution < -0.4 is 5.32 Å². The van der Waals surface area contributed by atoms with E-state index in [1.807, 2.05) is 18.2 Å². The highest BCUT2D eigenvalue weighted by molar-refractivity contribution is 6.09. The van der Waals surface area contributed by atoms with Crippen LogP contribution in [-0.4, -0.2) is 27.7 Å². The average Bonchev–Trinajstić information content (AvgIpc) is 3.02. The molecule has 1 atom stereocenters. The van der Waals surface area contributed by atoms with E-state index >= 15 is 0 Å². The molecular formula is C17H20N4O. The van der Waals surface area contributed by atoms with Crippen LogP contribution in [0.25, 0.3) is 10.9 Å². The molecule has 1 aliphatic rings. The molecular weight excluding hydrogens is 276 g/mol. The van der Waals surface area contributed by atoms with Crippen molar-refractivity contribution < 1.29 is 5.11 Å². The number of H-pyrrole nitrogens is 1. The summed E-state index contributed by atoms with van der Waals surface area (Å²) in [7, 11) is 0. The second-order valence-electron chi connectivity index (χ2n) is 5.70. The maximum atomic E-state index is 9.17. The van der Waals surface area contributed by atoms with E-state index in [-0.39, 0.29) is 6.61 Å². The molecule has 0 bridgehead atoms. The fraction of sp³-hybridized carbons (Fsp3) is 0.294. The molecule has 1 aromatic carbocycles. The predicted octanol–water partition coefficient (Wildman–Crippen LogP) is 3.23. The second kappa shape index (κ2) is 6.15. The number of nitrogens with one attached hydrogen (secondary N) is 3. The zero-order valence-corrected chi connectivity index (χ0v) is 12.4. The Morgan fingerprint density at radius 3 is 3.09 bits per heavy atom. The van der Waals surface area contributed by atoms with Crippen LogP contribution in [0.15, 0.2) is 48.2 Å². The molecule has 1 aromatic heterocycles. The fourth-order valence-corrected chi connectivity index (χ4v) is 2.73. The van der Waals surface area contributed by atoms with E-state index in [2.05, 4.69) is 28.2 Å². The molecule has 2 aromatic rings. The summed E-state index contributed by atoms with van der Waals surface area (Å²) in [5, 5.41) is 28.4. The summed E-state index contributed by atoms with van der Waals surface area (Å²) < 4.78 is 0. The van der Waals surface area contributed by atoms with Gasteiger partial charge in [-0.25, -0.2) is 0 Å². The highest BCUT2D eigenvalue weighted by atomic mass is 16.3. The van der Waals surface area contributed by atoms with Crippen LogP contribution in [0.2, 0.25) is 0 Å². The Balaban J connectivity index is 1.68. The van der Waals surface area contributed by atoms with Crippen LogP contribution in [-0.2, 0) is 0 Å². The quantitative estimate of drug-likeness (QED) is 0.516. The Hall–Kier alpha value is -2.40. The number of benzene rings is 1. The van der Waals surface area contributed by atoms with Crippen molar-refractivity contribution in [1.29, 1.82) is 5.41 Å². The highest BCUT2D eigenvalue weighted by Gasteiger charge is 2.17. The number of aromatic amines is 1. The summed E-state index contributed by atoms with van der Waals surface area (Å²) >= 11 is 0. The third kappa shape index (κ3) is 2.94. The number of aliphatic hydroxyl groups excluding tert-OH is 1. The van der Waals surface area contributed by atoms with E-state index in [0.717, 1.165) is 47.0 Å². The predicted molar refractivity (Wildman–Crippen MR) is 89.1 cm³/mol. The van der Waals surface area contributed by atoms with Gasteiger partial charge in [-0.05, 0) is 49.0 Å². The van der Waals surface area contributed by atoms with Crippen molar-refractivity contribution in [3.05, 3.63) is 48.2 Å². The zero-order chi connectivity index (χ0) is 15.5. The van der Waals surface area contributed by atoms with Gasteiger partial charge in [-0.2, -0.15) is 5.10 Å². The van der Waals surface area contributed by atoms with Gasteiger partial charge >= 0.3 is 0 Å². The minimum Gasteiger partial charge on any atom is -0.396 e. The third-order valence-corrected chi connectivity index (χ3v) is 4.18. The molecule has 0 saturated heterocycles. The van der Waals surface area contributed by atoms with Gasteiger partial charge < -0.3 is 10.4 Å². The van der Waals surface area contributed by atoms with Gasteiger partial charge in [-0.15, -0.1) is 0 Å². The van der Waals surface area contributed by atoms with E-state index < -0.39 is 0 Å². The Bertz CT molecular complexity index is 744. The van der Waals surface area contributed by atoms with Gasteiger partial charge in [0.1, 0.15) is 5.84 Å². The van der Waals surface area contributed by atoms with Crippen LogP contribution >= 0.6 is 0 Å². The molecule has 0 radical (unpaired) electrons. The van der Waals surface area contributed by atoms with Gasteiger partial charge in [0.05, 0.1) is 11.7 Å². The van der Waals surface area contributed by atoms with E-state index in [9.17, 15) is 5.11 Å². The second-order valence-corrected chi connectivity index (χ2v) is 5.70. The van der Waals surface area contributed by atoms with Crippen molar-refractivity contribution in [2.24, 2.45) is 5.92 Å². The van der Waals surface area contributed by atoms with Gasteiger partial charge in [0, 0.05) is 23.3 Å². The number of nitrogens with zero attached hydrogens (tertiary/aromatic N) is 1. The van der Waals surface area contributed by atoms with Crippen molar-refractivity contribution in [2.75, 3.05) is 11.9 Å². The van der Waals surface area contributed by atoms with Crippen LogP contribution in [0.5, 0.6) is 0 Å². The van der Waals surface area contributed by atoms with Crippen molar-refractivity contribution in [2.45, 2.75) is 19.3 Å². The van der Waals surface area contributed by atoms with Crippen LogP contribution in [0.4, 0.5) is 5.69 Å². The summed E-state index contributed by atoms with van der Waals surface area (Å²) in [5.74, 6) is 0.665. The number of anilines is 1. The topological polar surface area (TPSA) is 84.8 Å². The van der Waals surface area contributed by atoms with Crippen LogP contribution in [0.3, 0.4) is 0 Å². The summed E-state index contributed by atoms with van der Waals surface area (Å²) in [4.78, 5) is 0. The standard InChI is InChI=1S/C17H20N4O/c1-11(13-4-2-12(10-22)3-5-13)17(18)20-15-6-7-16-14(8-15)9-19-21-16/h4,6-9,12,22H,1-3,5,10H2,(H2,18,20)(H,19,21). The molecule has 114 valence electrons. The Labute approximate surface area is 129 Å². The average molecular weight is 296 g/mol. The molecule has 5 nitrogen and oxygen atoms in total. The number of rotatable bonds is 4. The molecule has 0 amide bonds. The molecule has 22 heavy (non-hydrogen) atoms. The van der Waals surface area contributed by atoms with Crippen molar-refractivity contribution in [3.63, 3.8) is 0 Å². The molecule has 4 N–H and O–H groups in total. The summed E-state index contributed by atoms with van der Waals surface area (Å²) in [6.45, 7) is 4.27. The molecule has 1 aliphatic carbocycles. The first-order valence-corrected chi connectivity index (χ1v) is 7.45. The van der Waals surface area contributed by atoms with E-state index in [4.69, 9.17) is 5.41 Å². The van der Waals surface area contributed by atoms with E-state index in [0.29, 0.717) is 11.8 Å². The molecule has 1 heterocycles. The molecule has 3 rings (SSSR count). The fourth-order valence-electron chi connectivity index (χ4n) is 2.73. The number of aromatic nitrogens is 2. The molecule has 5 heteroatoms. The monoisotopic (exact) mass is 296 g/mol. The first-order chi connectivity index (χ1) is 10.7. The summed E-state index contributed by atoms with van der Waals surface area (Å²) in [6, 6.07) is 5.81. The number of hydrogen-bond donors (Lipinski definition) is 4. The molecule has 1 unspecified atom stereocenters. The Kier molecular flexibility index (Phi) is 4.06. The van der Waals surface area contributed by atoms with Gasteiger partial charge in [0.2, 0.25) is 0 Å². The lowest BCUT2D eigenvalue weighted by Crippen LogP contribution is -2.17. The maximum absolute atomic E-state index is 9.17. The lowest BCUT2D eigenvalue weighted by molar-refractivity contribution is 0.216. The van der Waals surface area contributed by atoms with Gasteiger partial charge in [0.15, 0.2) is 0 Å². The zero-order valence-electron chi connectivity index (χ0n) is 12.4. The molecule has 0 saturated carbocycles. The largest absolute Gasteiger partial charge is 0.396 e. The van der Waals surface area contributed by atoms with Crippen LogP contribution in [0.1, 0.15) is 19.3 Å². The lowest BCUT2D eigenvalue weighted by atomic mass is 9.87. The molecule has 0 spiro atoms. The number of hydrogen-bond acceptors (Lipinski definition) is 3. The van der Waals surface area contributed by atoms with Crippen molar-refractivity contribution >= 4 is 22.4 Å². The van der Waals surface area contributed by atoms with E-state index in [1.54, 1.807) is 6.20 Å². The lowest BCUT2D eigenvalue weighted by Gasteiger charge is -2.22. The number of allylic oxidation sites excluding steroid dienone is 1. The maximum Gasteiger partial charge on any atom is 0.129 e. The Morgan fingerprint density at radius 2 is 2.36 bits per heavy atom. The summed E-state index contributed by atoms with van der Waals surface area (Å²) in [5.41, 5.74) is 3.65. The highest BCUT2D eigenvalue weighted by Crippen LogP contribution is 2.28. The SMILES string of the molecule is C=C(C(=N)Nc1ccc2[nH]ncc2c1)C1=CCC(CO)CC1. The molecule has 0 aliphatic heterocycles. The smallest absolute Gasteiger partial charge is 0.129 e. The number of fused-ring (bicyclic) bond motifs is 1. The first kappa shape index (κ1) is 14.5. The minimum atomic E-state index is 0.233. The normalized spacial score (nSPS) is 18.0. The minimum absolute atomic E-state index is 0.233. The summed E-state index contributed by atoms with van der Waals surface area (Å²) in [6.07, 6.45) is 6.55. The number of amidine groups is 1. The van der Waals surface area contributed by atoms with Crippen molar-refractivity contribution in [1.82, 2.24) is 10.2 Å². The van der Waals surface area contributed by atoms with Crippen molar-refractivity contribution in [3.8, 4) is 0 Å². The Morgan fingerprint density at radius 1 is 1.50 bits per heavy atom. The van der Waals surface area contributed by atoms with Crippen LogP contribution in [0, 0.1) is 11.3 Å². The molecule has 0 fully saturated rings. The van der Waals surface area contributed by atoms with Gasteiger partial charge in [0.25, 0.3) is 0 Å². The third-order valence-electron chi connectivity index (χ3n) is 4.18. The van der Waals surface area contributed by atoms with Gasteiger partial charge in [-0.3, -0.25) is 10.5 Å².